The van der Waals surface area contributed by atoms with E-state index in [1.165, 1.54) is 0 Å². The highest BCUT2D eigenvalue weighted by atomic mass is 35.5. The van der Waals surface area contributed by atoms with E-state index in [0.29, 0.717) is 30.1 Å². The van der Waals surface area contributed by atoms with Gasteiger partial charge in [-0.2, -0.15) is 0 Å². The second-order valence-corrected chi connectivity index (χ2v) is 6.62. The normalized spacial score (nSPS) is 12.0. The monoisotopic (exact) mass is 385 g/mol. The van der Waals surface area contributed by atoms with Gasteiger partial charge in [-0.05, 0) is 36.1 Å². The molecule has 0 saturated heterocycles. The van der Waals surface area contributed by atoms with E-state index in [-0.39, 0.29) is 16.7 Å². The van der Waals surface area contributed by atoms with Crippen molar-refractivity contribution in [2.45, 2.75) is 32.2 Å². The topological polar surface area (TPSA) is 61.0 Å². The second-order valence-electron chi connectivity index (χ2n) is 6.22. The number of nitrogens with two attached hydrogens (primary N) is 1. The Morgan fingerprint density at radius 1 is 1.11 bits per heavy atom. The third-order valence-corrected chi connectivity index (χ3v) is 4.70. The molecule has 140 valence electrons. The Bertz CT molecular complexity index is 888. The van der Waals surface area contributed by atoms with Gasteiger partial charge in [0.15, 0.2) is 11.6 Å². The van der Waals surface area contributed by atoms with E-state index in [1.54, 1.807) is 36.7 Å². The standard InChI is InChI=1S/C21H21ClFN3O/c1-2-15(10-19-25-12-14(11-24)13-26-19)17-8-9-18(22)21(20(17)23)27-16-6-4-3-5-7-16/h3-9,12-13,15H,2,10-11,24H2,1H3/t15-/m0/s1. The number of para-hydroxylation sites is 1. The molecule has 0 fully saturated rings. The molecule has 0 radical (unpaired) electrons. The maximum absolute atomic E-state index is 15.2. The van der Waals surface area contributed by atoms with Gasteiger partial charge in [0.05, 0.1) is 5.02 Å². The summed E-state index contributed by atoms with van der Waals surface area (Å²) in [5, 5.41) is 0.235. The Balaban J connectivity index is 1.88. The zero-order valence-corrected chi connectivity index (χ0v) is 15.8. The Morgan fingerprint density at radius 3 is 2.44 bits per heavy atom. The van der Waals surface area contributed by atoms with Gasteiger partial charge in [-0.1, -0.05) is 42.8 Å². The van der Waals surface area contributed by atoms with Gasteiger partial charge in [0.25, 0.3) is 0 Å². The quantitative estimate of drug-likeness (QED) is 0.602. The van der Waals surface area contributed by atoms with Crippen molar-refractivity contribution in [3.63, 3.8) is 0 Å². The van der Waals surface area contributed by atoms with Crippen molar-refractivity contribution in [1.29, 1.82) is 0 Å². The van der Waals surface area contributed by atoms with Gasteiger partial charge in [-0.15, -0.1) is 0 Å². The lowest BCUT2D eigenvalue weighted by Gasteiger charge is -2.18. The SMILES string of the molecule is CC[C@@H](Cc1ncc(CN)cn1)c1ccc(Cl)c(Oc2ccccc2)c1F. The molecule has 2 aromatic carbocycles. The molecule has 1 aromatic heterocycles. The fourth-order valence-corrected chi connectivity index (χ4v) is 3.03. The molecule has 6 heteroatoms. The first-order chi connectivity index (χ1) is 13.1. The first-order valence-corrected chi connectivity index (χ1v) is 9.20. The van der Waals surface area contributed by atoms with Crippen LogP contribution in [0.5, 0.6) is 11.5 Å². The average Bonchev–Trinajstić information content (AvgIpc) is 2.71. The van der Waals surface area contributed by atoms with Gasteiger partial charge in [0, 0.05) is 30.9 Å². The van der Waals surface area contributed by atoms with Gasteiger partial charge in [-0.3, -0.25) is 0 Å². The molecule has 0 aliphatic rings. The maximum atomic E-state index is 15.2. The van der Waals surface area contributed by atoms with E-state index in [9.17, 15) is 0 Å². The van der Waals surface area contributed by atoms with E-state index in [0.717, 1.165) is 12.0 Å². The minimum atomic E-state index is -0.447. The summed E-state index contributed by atoms with van der Waals surface area (Å²) >= 11 is 6.19. The van der Waals surface area contributed by atoms with Crippen LogP contribution < -0.4 is 10.5 Å². The summed E-state index contributed by atoms with van der Waals surface area (Å²) in [4.78, 5) is 8.66. The smallest absolute Gasteiger partial charge is 0.181 e. The van der Waals surface area contributed by atoms with E-state index < -0.39 is 5.82 Å². The van der Waals surface area contributed by atoms with Gasteiger partial charge >= 0.3 is 0 Å². The fourth-order valence-electron chi connectivity index (χ4n) is 2.85. The molecule has 1 heterocycles. The van der Waals surface area contributed by atoms with Crippen molar-refractivity contribution in [3.8, 4) is 11.5 Å². The van der Waals surface area contributed by atoms with E-state index in [1.807, 2.05) is 25.1 Å². The Kier molecular flexibility index (Phi) is 6.37. The predicted octanol–water partition coefficient (Wildman–Crippen LogP) is 5.26. The van der Waals surface area contributed by atoms with Crippen LogP contribution >= 0.6 is 11.6 Å². The van der Waals surface area contributed by atoms with Crippen LogP contribution in [0.25, 0.3) is 0 Å². The van der Waals surface area contributed by atoms with E-state index in [2.05, 4.69) is 9.97 Å². The number of nitrogens with zero attached hydrogens (tertiary/aromatic N) is 2. The molecule has 0 spiro atoms. The van der Waals surface area contributed by atoms with Gasteiger partial charge in [0.1, 0.15) is 11.6 Å². The first kappa shape index (κ1) is 19.3. The van der Waals surface area contributed by atoms with E-state index in [4.69, 9.17) is 22.1 Å². The summed E-state index contributed by atoms with van der Waals surface area (Å²) in [6.07, 6.45) is 4.66. The fraction of sp³-hybridized carbons (Fsp3) is 0.238. The highest BCUT2D eigenvalue weighted by molar-refractivity contribution is 6.32. The summed E-state index contributed by atoms with van der Waals surface area (Å²) in [6, 6.07) is 12.4. The van der Waals surface area contributed by atoms with Crippen molar-refractivity contribution in [2.75, 3.05) is 0 Å². The number of benzene rings is 2. The molecule has 0 unspecified atom stereocenters. The average molecular weight is 386 g/mol. The highest BCUT2D eigenvalue weighted by Crippen LogP contribution is 2.37. The molecule has 2 N–H and O–H groups in total. The zero-order valence-electron chi connectivity index (χ0n) is 15.0. The largest absolute Gasteiger partial charge is 0.453 e. The molecule has 0 amide bonds. The predicted molar refractivity (Wildman–Crippen MR) is 105 cm³/mol. The third-order valence-electron chi connectivity index (χ3n) is 4.40. The van der Waals surface area contributed by atoms with Gasteiger partial charge < -0.3 is 10.5 Å². The maximum Gasteiger partial charge on any atom is 0.181 e. The van der Waals surface area contributed by atoms with Crippen molar-refractivity contribution < 1.29 is 9.13 Å². The molecule has 1 atom stereocenters. The Labute approximate surface area is 163 Å². The minimum Gasteiger partial charge on any atom is -0.453 e. The summed E-state index contributed by atoms with van der Waals surface area (Å²) in [5.41, 5.74) is 6.98. The summed E-state index contributed by atoms with van der Waals surface area (Å²) in [7, 11) is 0. The van der Waals surface area contributed by atoms with Crippen LogP contribution in [0, 0.1) is 5.82 Å². The number of halogens is 2. The molecular weight excluding hydrogens is 365 g/mol. The number of ether oxygens (including phenoxy) is 1. The molecule has 0 aliphatic heterocycles. The summed E-state index contributed by atoms with van der Waals surface area (Å²) < 4.78 is 20.9. The molecular formula is C21H21ClFN3O. The van der Waals surface area contributed by atoms with Crippen molar-refractivity contribution in [2.24, 2.45) is 5.73 Å². The van der Waals surface area contributed by atoms with Crippen molar-refractivity contribution in [3.05, 3.63) is 82.6 Å². The van der Waals surface area contributed by atoms with E-state index >= 15 is 4.39 Å². The first-order valence-electron chi connectivity index (χ1n) is 8.83. The molecule has 0 aliphatic carbocycles. The van der Waals surface area contributed by atoms with Crippen LogP contribution in [0.15, 0.2) is 54.9 Å². The van der Waals surface area contributed by atoms with Crippen molar-refractivity contribution in [1.82, 2.24) is 9.97 Å². The number of aromatic nitrogens is 2. The van der Waals surface area contributed by atoms with Gasteiger partial charge in [-0.25, -0.2) is 14.4 Å². The lowest BCUT2D eigenvalue weighted by Crippen LogP contribution is -2.09. The van der Waals surface area contributed by atoms with Crippen molar-refractivity contribution >= 4 is 11.6 Å². The number of rotatable bonds is 7. The highest BCUT2D eigenvalue weighted by Gasteiger charge is 2.21. The molecule has 3 rings (SSSR count). The van der Waals surface area contributed by atoms with Crippen LogP contribution in [0.1, 0.15) is 36.2 Å². The van der Waals surface area contributed by atoms with Gasteiger partial charge in [0.2, 0.25) is 0 Å². The summed E-state index contributed by atoms with van der Waals surface area (Å²) in [6.45, 7) is 2.40. The summed E-state index contributed by atoms with van der Waals surface area (Å²) in [5.74, 6) is 0.683. The lowest BCUT2D eigenvalue weighted by atomic mass is 9.92. The van der Waals surface area contributed by atoms with Crippen LogP contribution in [0.3, 0.4) is 0 Å². The minimum absolute atomic E-state index is 0.0400. The third kappa shape index (κ3) is 4.62. The molecule has 0 saturated carbocycles. The molecule has 3 aromatic rings. The second kappa shape index (κ2) is 8.93. The number of hydrogen-bond donors (Lipinski definition) is 1. The molecule has 27 heavy (non-hydrogen) atoms. The molecule has 0 bridgehead atoms. The lowest BCUT2D eigenvalue weighted by molar-refractivity contribution is 0.433. The Morgan fingerprint density at radius 2 is 1.81 bits per heavy atom. The Hall–Kier alpha value is -2.50. The van der Waals surface area contributed by atoms with Crippen LogP contribution in [-0.2, 0) is 13.0 Å². The van der Waals surface area contributed by atoms with Crippen LogP contribution in [0.2, 0.25) is 5.02 Å². The van der Waals surface area contributed by atoms with Crippen LogP contribution in [-0.4, -0.2) is 9.97 Å². The van der Waals surface area contributed by atoms with Crippen LogP contribution in [0.4, 0.5) is 4.39 Å². The zero-order chi connectivity index (χ0) is 19.2. The molecule has 4 nitrogen and oxygen atoms in total. The number of hydrogen-bond acceptors (Lipinski definition) is 4.